The summed E-state index contributed by atoms with van der Waals surface area (Å²) < 4.78 is 43.0. The molecular weight excluding hydrogens is 263 g/mol. The van der Waals surface area contributed by atoms with Crippen LogP contribution < -0.4 is 10.5 Å². The van der Waals surface area contributed by atoms with Gasteiger partial charge in [0.2, 0.25) is 0 Å². The Bertz CT molecular complexity index is 679. The summed E-state index contributed by atoms with van der Waals surface area (Å²) in [6, 6.07) is 4.84. The van der Waals surface area contributed by atoms with Crippen LogP contribution in [-0.4, -0.2) is 20.6 Å². The quantitative estimate of drug-likeness (QED) is 0.616. The minimum absolute atomic E-state index is 0.0574. The zero-order chi connectivity index (χ0) is 13.3. The van der Waals surface area contributed by atoms with E-state index >= 15 is 0 Å². The lowest BCUT2D eigenvalue weighted by Crippen LogP contribution is -2.17. The molecule has 0 saturated carbocycles. The van der Waals surface area contributed by atoms with E-state index in [0.717, 1.165) is 12.3 Å². The molecule has 8 heteroatoms. The van der Waals surface area contributed by atoms with Gasteiger partial charge in [-0.2, -0.15) is 12.8 Å². The Morgan fingerprint density at radius 1 is 1.39 bits per heavy atom. The highest BCUT2D eigenvalue weighted by molar-refractivity contribution is 7.94. The molecule has 1 heterocycles. The number of esters is 1. The molecule has 1 aromatic carbocycles. The third-order valence-corrected chi connectivity index (χ3v) is 3.25. The number of hydrogen-bond acceptors (Lipinski definition) is 5. The molecule has 1 aliphatic heterocycles. The molecule has 0 spiro atoms. The lowest BCUT2D eigenvalue weighted by molar-refractivity contribution is -0.129. The second-order valence-corrected chi connectivity index (χ2v) is 4.94. The Hall–Kier alpha value is -2.22. The molecule has 0 saturated heterocycles. The Balaban J connectivity index is 2.25. The molecule has 18 heavy (non-hydrogen) atoms. The van der Waals surface area contributed by atoms with Gasteiger partial charge in [-0.1, -0.05) is 6.07 Å². The van der Waals surface area contributed by atoms with Gasteiger partial charge in [0.15, 0.2) is 5.03 Å². The van der Waals surface area contributed by atoms with Crippen molar-refractivity contribution in [3.05, 3.63) is 40.7 Å². The van der Waals surface area contributed by atoms with Gasteiger partial charge in [0.05, 0.1) is 6.21 Å². The van der Waals surface area contributed by atoms with Gasteiger partial charge < -0.3 is 10.5 Å². The predicted molar refractivity (Wildman–Crippen MR) is 60.7 cm³/mol. The van der Waals surface area contributed by atoms with Crippen molar-refractivity contribution in [3.63, 3.8) is 0 Å². The molecule has 6 nitrogen and oxygen atoms in total. The first-order valence-corrected chi connectivity index (χ1v) is 6.12. The molecule has 1 aromatic rings. The molecular formula is C10H7FN2O4S. The molecule has 0 fully saturated rings. The van der Waals surface area contributed by atoms with Gasteiger partial charge in [0, 0.05) is 6.07 Å². The fourth-order valence-electron chi connectivity index (χ4n) is 1.23. The van der Waals surface area contributed by atoms with Crippen LogP contribution in [0.5, 0.6) is 5.75 Å². The van der Waals surface area contributed by atoms with Crippen molar-refractivity contribution in [1.29, 1.82) is 0 Å². The van der Waals surface area contributed by atoms with Gasteiger partial charge in [0.25, 0.3) is 10.0 Å². The minimum Gasteiger partial charge on any atom is -0.423 e. The maximum Gasteiger partial charge on any atom is 0.348 e. The largest absolute Gasteiger partial charge is 0.423 e. The number of nitrogens with two attached hydrogens (primary N) is 1. The molecule has 94 valence electrons. The van der Waals surface area contributed by atoms with Crippen LogP contribution in [0.1, 0.15) is 0 Å². The summed E-state index contributed by atoms with van der Waals surface area (Å²) in [5.41, 5.74) is 4.86. The van der Waals surface area contributed by atoms with Gasteiger partial charge in [-0.15, -0.1) is 0 Å². The summed E-state index contributed by atoms with van der Waals surface area (Å²) in [7, 11) is -3.97. The molecule has 0 aromatic heterocycles. The molecule has 1 aliphatic rings. The van der Waals surface area contributed by atoms with Gasteiger partial charge in [-0.25, -0.2) is 9.18 Å². The van der Waals surface area contributed by atoms with Crippen molar-refractivity contribution in [2.45, 2.75) is 0 Å². The van der Waals surface area contributed by atoms with Gasteiger partial charge >= 0.3 is 5.97 Å². The van der Waals surface area contributed by atoms with Crippen LogP contribution in [-0.2, 0) is 14.8 Å². The van der Waals surface area contributed by atoms with Crippen LogP contribution >= 0.6 is 0 Å². The van der Waals surface area contributed by atoms with E-state index in [1.54, 1.807) is 0 Å². The highest BCUT2D eigenvalue weighted by Crippen LogP contribution is 2.18. The van der Waals surface area contributed by atoms with Crippen molar-refractivity contribution in [2.24, 2.45) is 10.1 Å². The summed E-state index contributed by atoms with van der Waals surface area (Å²) >= 11 is 0. The number of rotatable bonds is 2. The molecule has 0 atom stereocenters. The summed E-state index contributed by atoms with van der Waals surface area (Å²) in [5, 5.41) is -0.677. The number of benzene rings is 1. The Kier molecular flexibility index (Phi) is 2.87. The number of nitrogens with zero attached hydrogens (tertiary/aromatic N) is 1. The van der Waals surface area contributed by atoms with E-state index in [1.807, 2.05) is 0 Å². The zero-order valence-electron chi connectivity index (χ0n) is 8.83. The zero-order valence-corrected chi connectivity index (χ0v) is 9.65. The Morgan fingerprint density at radius 3 is 2.67 bits per heavy atom. The van der Waals surface area contributed by atoms with Crippen molar-refractivity contribution >= 4 is 22.2 Å². The fraction of sp³-hybridized carbons (Fsp3) is 0. The molecule has 0 bridgehead atoms. The summed E-state index contributed by atoms with van der Waals surface area (Å²) in [4.78, 5) is 11.6. The molecule has 0 radical (unpaired) electrons. The summed E-state index contributed by atoms with van der Waals surface area (Å²) in [6.45, 7) is 0. The minimum atomic E-state index is -3.97. The van der Waals surface area contributed by atoms with Crippen molar-refractivity contribution in [2.75, 3.05) is 0 Å². The second-order valence-electron chi connectivity index (χ2n) is 3.33. The highest BCUT2D eigenvalue weighted by atomic mass is 32.2. The van der Waals surface area contributed by atoms with Crippen LogP contribution in [0.3, 0.4) is 0 Å². The van der Waals surface area contributed by atoms with E-state index in [2.05, 4.69) is 4.40 Å². The maximum absolute atomic E-state index is 12.8. The van der Waals surface area contributed by atoms with E-state index in [0.29, 0.717) is 0 Å². The first-order valence-electron chi connectivity index (χ1n) is 4.68. The van der Waals surface area contributed by atoms with Gasteiger partial charge in [0.1, 0.15) is 17.1 Å². The number of hydrogen-bond donors (Lipinski definition) is 1. The fourth-order valence-corrected chi connectivity index (χ4v) is 2.00. The average molecular weight is 270 g/mol. The molecule has 2 rings (SSSR count). The van der Waals surface area contributed by atoms with Crippen LogP contribution in [0.4, 0.5) is 4.39 Å². The highest BCUT2D eigenvalue weighted by Gasteiger charge is 2.28. The van der Waals surface area contributed by atoms with E-state index in [-0.39, 0.29) is 11.3 Å². The first kappa shape index (κ1) is 12.2. The standard InChI is InChI=1S/C10H7FN2O4S/c11-6-2-1-3-7(4-6)17-10(14)8-5-13-18(15,16)9(8)12/h1-5H,12H2. The van der Waals surface area contributed by atoms with Crippen molar-refractivity contribution in [1.82, 2.24) is 0 Å². The smallest absolute Gasteiger partial charge is 0.348 e. The SMILES string of the molecule is NC1=C(C(=O)Oc2cccc(F)c2)C=NS1(=O)=O. The predicted octanol–water partition coefficient (Wildman–Crippen LogP) is 0.316. The lowest BCUT2D eigenvalue weighted by Gasteiger charge is -2.03. The van der Waals surface area contributed by atoms with Crippen LogP contribution in [0.15, 0.2) is 39.3 Å². The third kappa shape index (κ3) is 2.23. The van der Waals surface area contributed by atoms with Crippen LogP contribution in [0.25, 0.3) is 0 Å². The second kappa shape index (κ2) is 4.22. The van der Waals surface area contributed by atoms with Crippen LogP contribution in [0.2, 0.25) is 0 Å². The molecule has 0 aliphatic carbocycles. The van der Waals surface area contributed by atoms with E-state index in [4.69, 9.17) is 10.5 Å². The molecule has 0 amide bonds. The summed E-state index contributed by atoms with van der Waals surface area (Å²) in [6.07, 6.45) is 0.798. The number of carbonyl (C=O) groups is 1. The Labute approximate surface area is 102 Å². The summed E-state index contributed by atoms with van der Waals surface area (Å²) in [5.74, 6) is -1.66. The molecule has 2 N–H and O–H groups in total. The average Bonchev–Trinajstić information content (AvgIpc) is 2.54. The van der Waals surface area contributed by atoms with E-state index in [9.17, 15) is 17.6 Å². The van der Waals surface area contributed by atoms with Crippen LogP contribution in [0, 0.1) is 5.82 Å². The first-order chi connectivity index (χ1) is 8.40. The van der Waals surface area contributed by atoms with Crippen molar-refractivity contribution in [3.8, 4) is 5.75 Å². The topological polar surface area (TPSA) is 98.8 Å². The van der Waals surface area contributed by atoms with Gasteiger partial charge in [-0.3, -0.25) is 0 Å². The third-order valence-electron chi connectivity index (χ3n) is 2.09. The number of ether oxygens (including phenoxy) is 1. The van der Waals surface area contributed by atoms with E-state index in [1.165, 1.54) is 18.2 Å². The maximum atomic E-state index is 12.8. The lowest BCUT2D eigenvalue weighted by atomic mass is 10.3. The molecule has 0 unspecified atom stereocenters. The van der Waals surface area contributed by atoms with Gasteiger partial charge in [-0.05, 0) is 12.1 Å². The number of carbonyl (C=O) groups excluding carboxylic acids is 1. The Morgan fingerprint density at radius 2 is 2.11 bits per heavy atom. The van der Waals surface area contributed by atoms with Crippen molar-refractivity contribution < 1.29 is 22.3 Å². The normalized spacial score (nSPS) is 16.9. The number of halogens is 1. The monoisotopic (exact) mass is 270 g/mol. The number of sulfonamides is 1. The van der Waals surface area contributed by atoms with E-state index < -0.39 is 26.8 Å².